The molecule has 0 bridgehead atoms. The zero-order chi connectivity index (χ0) is 16.1. The van der Waals surface area contributed by atoms with E-state index in [0.717, 1.165) is 11.3 Å². The molecule has 2 aromatic rings. The van der Waals surface area contributed by atoms with Crippen molar-refractivity contribution in [1.29, 1.82) is 0 Å². The average molecular weight is 300 g/mol. The Labute approximate surface area is 130 Å². The molecule has 0 radical (unpaired) electrons. The van der Waals surface area contributed by atoms with Gasteiger partial charge < -0.3 is 20.5 Å². The first-order valence-corrected chi connectivity index (χ1v) is 6.90. The normalized spacial score (nSPS) is 10.1. The predicted octanol–water partition coefficient (Wildman–Crippen LogP) is 2.78. The fourth-order valence-electron chi connectivity index (χ4n) is 2.10. The molecule has 0 atom stereocenters. The molecule has 5 nitrogen and oxygen atoms in total. The van der Waals surface area contributed by atoms with Gasteiger partial charge in [0.15, 0.2) is 11.5 Å². The number of anilines is 2. The van der Waals surface area contributed by atoms with Gasteiger partial charge in [-0.3, -0.25) is 4.79 Å². The molecule has 0 saturated carbocycles. The molecule has 0 saturated heterocycles. The number of nitrogens with one attached hydrogen (secondary N) is 1. The molecule has 0 unspecified atom stereocenters. The van der Waals surface area contributed by atoms with Crippen LogP contribution in [-0.2, 0) is 11.2 Å². The monoisotopic (exact) mass is 300 g/mol. The third-order valence-corrected chi connectivity index (χ3v) is 3.33. The summed E-state index contributed by atoms with van der Waals surface area (Å²) in [4.78, 5) is 12.1. The van der Waals surface area contributed by atoms with E-state index in [-0.39, 0.29) is 12.3 Å². The number of amides is 1. The highest BCUT2D eigenvalue weighted by molar-refractivity contribution is 5.93. The summed E-state index contributed by atoms with van der Waals surface area (Å²) in [7, 11) is 3.09. The van der Waals surface area contributed by atoms with Crippen LogP contribution < -0.4 is 20.5 Å². The second-order valence-electron chi connectivity index (χ2n) is 5.00. The quantitative estimate of drug-likeness (QED) is 0.833. The van der Waals surface area contributed by atoms with E-state index in [0.29, 0.717) is 22.7 Å². The van der Waals surface area contributed by atoms with Gasteiger partial charge in [-0.25, -0.2) is 0 Å². The second kappa shape index (κ2) is 6.85. The Morgan fingerprint density at radius 1 is 1.09 bits per heavy atom. The van der Waals surface area contributed by atoms with Crippen molar-refractivity contribution >= 4 is 17.3 Å². The molecule has 0 aliphatic rings. The number of hydrogen-bond acceptors (Lipinski definition) is 4. The summed E-state index contributed by atoms with van der Waals surface area (Å²) >= 11 is 0. The van der Waals surface area contributed by atoms with Crippen molar-refractivity contribution in [3.8, 4) is 11.5 Å². The summed E-state index contributed by atoms with van der Waals surface area (Å²) in [5, 5.41) is 2.84. The fourth-order valence-corrected chi connectivity index (χ4v) is 2.10. The number of methoxy groups -OCH3 is 2. The predicted molar refractivity (Wildman–Crippen MR) is 87.5 cm³/mol. The van der Waals surface area contributed by atoms with Crippen molar-refractivity contribution in [3.05, 3.63) is 47.5 Å². The third-order valence-electron chi connectivity index (χ3n) is 3.33. The van der Waals surface area contributed by atoms with Crippen LogP contribution in [0.2, 0.25) is 0 Å². The molecule has 5 heteroatoms. The lowest BCUT2D eigenvalue weighted by Crippen LogP contribution is -2.15. The van der Waals surface area contributed by atoms with Gasteiger partial charge >= 0.3 is 0 Å². The molecule has 3 N–H and O–H groups in total. The highest BCUT2D eigenvalue weighted by Gasteiger charge is 2.12. The van der Waals surface area contributed by atoms with E-state index < -0.39 is 0 Å². The number of benzene rings is 2. The maximum atomic E-state index is 12.1. The number of nitrogen functional groups attached to an aromatic ring is 1. The number of carbonyl (C=O) groups excluding carboxylic acids is 1. The van der Waals surface area contributed by atoms with E-state index in [1.54, 1.807) is 26.4 Å². The van der Waals surface area contributed by atoms with Crippen LogP contribution in [0.25, 0.3) is 0 Å². The SMILES string of the molecule is COc1cc(N)c(CC(=O)Nc2ccc(C)cc2)cc1OC. The van der Waals surface area contributed by atoms with Gasteiger partial charge in [0.05, 0.1) is 20.6 Å². The maximum absolute atomic E-state index is 12.1. The molecule has 0 spiro atoms. The minimum absolute atomic E-state index is 0.136. The molecule has 2 rings (SSSR count). The minimum atomic E-state index is -0.136. The summed E-state index contributed by atoms with van der Waals surface area (Å²) in [5.74, 6) is 0.959. The smallest absolute Gasteiger partial charge is 0.228 e. The lowest BCUT2D eigenvalue weighted by molar-refractivity contribution is -0.115. The van der Waals surface area contributed by atoms with Gasteiger partial charge in [0.2, 0.25) is 5.91 Å². The summed E-state index contributed by atoms with van der Waals surface area (Å²) in [5.41, 5.74) is 9.06. The van der Waals surface area contributed by atoms with Gasteiger partial charge in [-0.15, -0.1) is 0 Å². The summed E-state index contributed by atoms with van der Waals surface area (Å²) in [6.07, 6.45) is 0.167. The highest BCUT2D eigenvalue weighted by Crippen LogP contribution is 2.32. The van der Waals surface area contributed by atoms with Gasteiger partial charge in [-0.2, -0.15) is 0 Å². The first kappa shape index (κ1) is 15.7. The lowest BCUT2D eigenvalue weighted by atomic mass is 10.1. The average Bonchev–Trinajstić information content (AvgIpc) is 2.51. The molecule has 22 heavy (non-hydrogen) atoms. The van der Waals surface area contributed by atoms with Gasteiger partial charge in [0.25, 0.3) is 0 Å². The summed E-state index contributed by atoms with van der Waals surface area (Å²) in [6, 6.07) is 11.0. The Bertz CT molecular complexity index is 666. The molecule has 116 valence electrons. The van der Waals surface area contributed by atoms with Crippen LogP contribution in [0.1, 0.15) is 11.1 Å². The van der Waals surface area contributed by atoms with E-state index in [1.165, 1.54) is 0 Å². The second-order valence-corrected chi connectivity index (χ2v) is 5.00. The van der Waals surface area contributed by atoms with E-state index in [4.69, 9.17) is 15.2 Å². The van der Waals surface area contributed by atoms with Crippen LogP contribution in [0.4, 0.5) is 11.4 Å². The van der Waals surface area contributed by atoms with Crippen LogP contribution in [0.5, 0.6) is 11.5 Å². The van der Waals surface area contributed by atoms with E-state index in [9.17, 15) is 4.79 Å². The van der Waals surface area contributed by atoms with Crippen molar-refractivity contribution in [3.63, 3.8) is 0 Å². The first-order valence-electron chi connectivity index (χ1n) is 6.90. The van der Waals surface area contributed by atoms with Crippen molar-refractivity contribution in [1.82, 2.24) is 0 Å². The van der Waals surface area contributed by atoms with E-state index in [2.05, 4.69) is 5.32 Å². The van der Waals surface area contributed by atoms with Crippen molar-refractivity contribution < 1.29 is 14.3 Å². The molecule has 1 amide bonds. The number of carbonyl (C=O) groups is 1. The fraction of sp³-hybridized carbons (Fsp3) is 0.235. The van der Waals surface area contributed by atoms with Gasteiger partial charge in [0.1, 0.15) is 0 Å². The summed E-state index contributed by atoms with van der Waals surface area (Å²) < 4.78 is 10.4. The highest BCUT2D eigenvalue weighted by atomic mass is 16.5. The Kier molecular flexibility index (Phi) is 4.88. The number of aryl methyl sites for hydroxylation is 1. The van der Waals surface area contributed by atoms with Crippen LogP contribution >= 0.6 is 0 Å². The van der Waals surface area contributed by atoms with Crippen molar-refractivity contribution in [2.24, 2.45) is 0 Å². The van der Waals surface area contributed by atoms with Crippen LogP contribution in [-0.4, -0.2) is 20.1 Å². The van der Waals surface area contributed by atoms with Crippen molar-refractivity contribution in [2.45, 2.75) is 13.3 Å². The number of hydrogen-bond donors (Lipinski definition) is 2. The first-order chi connectivity index (χ1) is 10.5. The zero-order valence-corrected chi connectivity index (χ0v) is 13.0. The van der Waals surface area contributed by atoms with E-state index in [1.807, 2.05) is 31.2 Å². The molecule has 0 aliphatic heterocycles. The molecule has 0 aliphatic carbocycles. The van der Waals surface area contributed by atoms with Gasteiger partial charge in [-0.05, 0) is 30.7 Å². The zero-order valence-electron chi connectivity index (χ0n) is 13.0. The number of nitrogens with two attached hydrogens (primary N) is 1. The minimum Gasteiger partial charge on any atom is -0.493 e. The molecule has 0 fully saturated rings. The Morgan fingerprint density at radius 3 is 2.27 bits per heavy atom. The number of ether oxygens (including phenoxy) is 2. The summed E-state index contributed by atoms with van der Waals surface area (Å²) in [6.45, 7) is 2.00. The Morgan fingerprint density at radius 2 is 1.68 bits per heavy atom. The Hall–Kier alpha value is -2.69. The van der Waals surface area contributed by atoms with Crippen LogP contribution in [0, 0.1) is 6.92 Å². The van der Waals surface area contributed by atoms with E-state index >= 15 is 0 Å². The van der Waals surface area contributed by atoms with Crippen molar-refractivity contribution in [2.75, 3.05) is 25.3 Å². The van der Waals surface area contributed by atoms with Crippen LogP contribution in [0.3, 0.4) is 0 Å². The molecular formula is C17H20N2O3. The maximum Gasteiger partial charge on any atom is 0.228 e. The number of rotatable bonds is 5. The molecule has 0 heterocycles. The standard InChI is InChI=1S/C17H20N2O3/c1-11-4-6-13(7-5-11)19-17(20)9-12-8-15(21-2)16(22-3)10-14(12)18/h4-8,10H,9,18H2,1-3H3,(H,19,20). The topological polar surface area (TPSA) is 73.6 Å². The molecule has 0 aromatic heterocycles. The van der Waals surface area contributed by atoms with Crippen LogP contribution in [0.15, 0.2) is 36.4 Å². The lowest BCUT2D eigenvalue weighted by Gasteiger charge is -2.12. The largest absolute Gasteiger partial charge is 0.493 e. The Balaban J connectivity index is 2.12. The van der Waals surface area contributed by atoms with Gasteiger partial charge in [0, 0.05) is 17.4 Å². The third kappa shape index (κ3) is 3.69. The molecule has 2 aromatic carbocycles. The molecular weight excluding hydrogens is 280 g/mol. The van der Waals surface area contributed by atoms with Gasteiger partial charge in [-0.1, -0.05) is 17.7 Å².